The maximum Gasteiger partial charge on any atom is 2.00 e. The molecule has 0 aliphatic heterocycles. The van der Waals surface area contributed by atoms with Crippen LogP contribution in [0.25, 0.3) is 0 Å². The molecule has 0 aromatic heterocycles. The van der Waals surface area contributed by atoms with E-state index >= 15 is 0 Å². The van der Waals surface area contributed by atoms with Gasteiger partial charge < -0.3 is 38.7 Å². The van der Waals surface area contributed by atoms with Crippen LogP contribution in [0.1, 0.15) is 218 Å². The van der Waals surface area contributed by atoms with E-state index in [0.717, 1.165) is 167 Å². The zero-order valence-corrected chi connectivity index (χ0v) is 45.2. The zero-order chi connectivity index (χ0) is 46.6. The molecule has 0 amide bonds. The van der Waals surface area contributed by atoms with Gasteiger partial charge in [-0.15, -0.1) is 0 Å². The molecule has 0 aliphatic rings. The van der Waals surface area contributed by atoms with Crippen molar-refractivity contribution in [2.24, 2.45) is 0 Å². The number of carboxylic acid groups (broad SMARTS) is 2. The molecule has 0 saturated carbocycles. The van der Waals surface area contributed by atoms with Crippen molar-refractivity contribution in [2.75, 3.05) is 13.2 Å². The standard InChI is InChI=1S/2C27H44O5.Ba/c2*1-24(28)32-26(19-13-6-4-2-3-5-7-15-21-27(29)30)20-14-8-9-16-22-31-23-25-17-11-10-12-18-25;/h2*10-12,17-18,26H,2-9,13-16,19-23H2,1H3,(H,29,30);/q;;+2/p-2. The van der Waals surface area contributed by atoms with Crippen molar-refractivity contribution in [3.05, 3.63) is 71.8 Å². The van der Waals surface area contributed by atoms with Crippen LogP contribution < -0.4 is 10.2 Å². The van der Waals surface area contributed by atoms with Crippen LogP contribution in [0.3, 0.4) is 0 Å². The number of carboxylic acids is 2. The number of carbonyl (C=O) groups is 4. The van der Waals surface area contributed by atoms with Crippen LogP contribution in [0, 0.1) is 0 Å². The molecular weight excluding hydrogens is 946 g/mol. The first kappa shape index (κ1) is 62.8. The van der Waals surface area contributed by atoms with Crippen molar-refractivity contribution in [2.45, 2.75) is 232 Å². The van der Waals surface area contributed by atoms with Gasteiger partial charge in [0.1, 0.15) is 12.2 Å². The van der Waals surface area contributed by atoms with E-state index in [1.807, 2.05) is 36.4 Å². The third-order valence-electron chi connectivity index (χ3n) is 11.3. The summed E-state index contributed by atoms with van der Waals surface area (Å²) < 4.78 is 22.5. The largest absolute Gasteiger partial charge is 2.00 e. The van der Waals surface area contributed by atoms with Crippen molar-refractivity contribution in [1.29, 1.82) is 0 Å². The van der Waals surface area contributed by atoms with Crippen molar-refractivity contribution in [3.63, 3.8) is 0 Å². The summed E-state index contributed by atoms with van der Waals surface area (Å²) in [7, 11) is 0. The van der Waals surface area contributed by atoms with Gasteiger partial charge in [-0.05, 0) is 101 Å². The Morgan fingerprint density at radius 3 is 0.938 bits per heavy atom. The van der Waals surface area contributed by atoms with E-state index in [2.05, 4.69) is 24.3 Å². The number of carbonyl (C=O) groups excluding carboxylic acids is 4. The van der Waals surface area contributed by atoms with Gasteiger partial charge in [-0.3, -0.25) is 9.59 Å². The Bertz CT molecular complexity index is 1290. The molecule has 2 atom stereocenters. The number of unbranched alkanes of at least 4 members (excludes halogenated alkanes) is 20. The Hall–Kier alpha value is -2.19. The molecule has 11 heteroatoms. The second-order valence-electron chi connectivity index (χ2n) is 17.4. The van der Waals surface area contributed by atoms with Crippen molar-refractivity contribution in [3.8, 4) is 0 Å². The van der Waals surface area contributed by atoms with Crippen LogP contribution in [0.2, 0.25) is 0 Å². The van der Waals surface area contributed by atoms with Gasteiger partial charge in [-0.2, -0.15) is 0 Å². The molecule has 0 fully saturated rings. The molecule has 0 N–H and O–H groups in total. The fraction of sp³-hybridized carbons (Fsp3) is 0.704. The summed E-state index contributed by atoms with van der Waals surface area (Å²) in [5.41, 5.74) is 2.43. The smallest absolute Gasteiger partial charge is 0.550 e. The van der Waals surface area contributed by atoms with Gasteiger partial charge in [0.15, 0.2) is 0 Å². The van der Waals surface area contributed by atoms with Crippen molar-refractivity contribution in [1.82, 2.24) is 0 Å². The zero-order valence-electron chi connectivity index (χ0n) is 40.8. The van der Waals surface area contributed by atoms with Crippen LogP contribution >= 0.6 is 0 Å². The predicted octanol–water partition coefficient (Wildman–Crippen LogP) is 11.1. The Morgan fingerprint density at radius 2 is 0.662 bits per heavy atom. The first-order valence-electron chi connectivity index (χ1n) is 25.1. The molecule has 2 aromatic rings. The Kier molecular flexibility index (Phi) is 45.3. The number of hydrogen-bond acceptors (Lipinski definition) is 10. The normalized spacial score (nSPS) is 11.7. The first-order chi connectivity index (χ1) is 31.2. The fourth-order valence-corrected chi connectivity index (χ4v) is 7.79. The summed E-state index contributed by atoms with van der Waals surface area (Å²) >= 11 is 0. The minimum absolute atomic E-state index is 0. The second kappa shape index (κ2) is 46.9. The van der Waals surface area contributed by atoms with E-state index in [4.69, 9.17) is 18.9 Å². The van der Waals surface area contributed by atoms with Crippen LogP contribution in [-0.4, -0.2) is 98.2 Å². The van der Waals surface area contributed by atoms with Gasteiger partial charge in [-0.25, -0.2) is 0 Å². The molecule has 0 bridgehead atoms. The van der Waals surface area contributed by atoms with E-state index in [-0.39, 0.29) is 85.9 Å². The van der Waals surface area contributed by atoms with E-state index in [9.17, 15) is 29.4 Å². The van der Waals surface area contributed by atoms with Crippen molar-refractivity contribution < 1.29 is 48.3 Å². The van der Waals surface area contributed by atoms with Crippen LogP contribution in [-0.2, 0) is 51.3 Å². The maximum atomic E-state index is 11.4. The monoisotopic (exact) mass is 1030 g/mol. The molecule has 2 unspecified atom stereocenters. The molecule has 0 saturated heterocycles. The van der Waals surface area contributed by atoms with Gasteiger partial charge in [0.25, 0.3) is 0 Å². The molecule has 65 heavy (non-hydrogen) atoms. The fourth-order valence-electron chi connectivity index (χ4n) is 7.79. The summed E-state index contributed by atoms with van der Waals surface area (Å²) in [6, 6.07) is 20.5. The van der Waals surface area contributed by atoms with Crippen LogP contribution in [0.15, 0.2) is 60.7 Å². The van der Waals surface area contributed by atoms with Gasteiger partial charge in [0.2, 0.25) is 0 Å². The molecule has 0 spiro atoms. The molecule has 364 valence electrons. The molecule has 2 rings (SSSR count). The average molecular weight is 1030 g/mol. The molecule has 0 heterocycles. The quantitative estimate of drug-likeness (QED) is 0.0357. The Balaban J connectivity index is 0.00000124. The summed E-state index contributed by atoms with van der Waals surface area (Å²) in [6.07, 6.45) is 30.3. The van der Waals surface area contributed by atoms with Crippen LogP contribution in [0.4, 0.5) is 0 Å². The summed E-state index contributed by atoms with van der Waals surface area (Å²) in [5, 5.41) is 20.7. The SMILES string of the molecule is CC(=O)OC(CCCCCCCCCCC(=O)[O-])CCCCCCOCc1ccccc1.CC(=O)OC(CCCCCCCCCCC(=O)[O-])CCCCCCOCc1ccccc1.[Ba+2]. The molecule has 0 aliphatic carbocycles. The third-order valence-corrected chi connectivity index (χ3v) is 11.3. The minimum atomic E-state index is -0.944. The van der Waals surface area contributed by atoms with E-state index in [1.54, 1.807) is 0 Å². The number of ether oxygens (including phenoxy) is 4. The van der Waals surface area contributed by atoms with Gasteiger partial charge in [0, 0.05) is 39.0 Å². The summed E-state index contributed by atoms with van der Waals surface area (Å²) in [4.78, 5) is 43.5. The summed E-state index contributed by atoms with van der Waals surface area (Å²) in [6.45, 7) is 5.93. The van der Waals surface area contributed by atoms with E-state index in [0.29, 0.717) is 13.2 Å². The van der Waals surface area contributed by atoms with E-state index < -0.39 is 11.9 Å². The third kappa shape index (κ3) is 45.4. The number of hydrogen-bond donors (Lipinski definition) is 0. The number of rotatable bonds is 42. The molecule has 10 nitrogen and oxygen atoms in total. The second-order valence-corrected chi connectivity index (χ2v) is 17.4. The molecule has 0 radical (unpaired) electrons. The minimum Gasteiger partial charge on any atom is -0.550 e. The predicted molar refractivity (Wildman–Crippen MR) is 258 cm³/mol. The maximum absolute atomic E-state index is 11.4. The number of esters is 2. The molecule has 2 aromatic carbocycles. The topological polar surface area (TPSA) is 151 Å². The van der Waals surface area contributed by atoms with Gasteiger partial charge >= 0.3 is 60.8 Å². The first-order valence-corrected chi connectivity index (χ1v) is 25.1. The van der Waals surface area contributed by atoms with Gasteiger partial charge in [-0.1, -0.05) is 163 Å². The average Bonchev–Trinajstić information content (AvgIpc) is 3.26. The molecular formula is C54H86BaO10. The van der Waals surface area contributed by atoms with E-state index in [1.165, 1.54) is 50.7 Å². The summed E-state index contributed by atoms with van der Waals surface area (Å²) in [5.74, 6) is -2.25. The Morgan fingerprint density at radius 1 is 0.400 bits per heavy atom. The Labute approximate surface area is 434 Å². The van der Waals surface area contributed by atoms with Gasteiger partial charge in [0.05, 0.1) is 13.2 Å². The number of aliphatic carboxylic acids is 2. The number of benzene rings is 2. The van der Waals surface area contributed by atoms with Crippen LogP contribution in [0.5, 0.6) is 0 Å². The van der Waals surface area contributed by atoms with Crippen molar-refractivity contribution >= 4 is 72.8 Å².